The third kappa shape index (κ3) is 4.04. The highest BCUT2D eigenvalue weighted by atomic mass is 35.5. The van der Waals surface area contributed by atoms with Crippen LogP contribution in [0.25, 0.3) is 0 Å². The predicted octanol–water partition coefficient (Wildman–Crippen LogP) is 4.00. The first-order chi connectivity index (χ1) is 15.2. The van der Waals surface area contributed by atoms with Crippen LogP contribution in [0.15, 0.2) is 36.5 Å². The Morgan fingerprint density at radius 2 is 1.91 bits per heavy atom. The Balaban J connectivity index is 1.56. The molecule has 32 heavy (non-hydrogen) atoms. The number of rotatable bonds is 4. The zero-order valence-electron chi connectivity index (χ0n) is 18.2. The van der Waals surface area contributed by atoms with Gasteiger partial charge in [0.25, 0.3) is 5.91 Å². The Morgan fingerprint density at radius 1 is 1.22 bits per heavy atom. The third-order valence-electron chi connectivity index (χ3n) is 5.93. The molecule has 0 unspecified atom stereocenters. The largest absolute Gasteiger partial charge is 0.474 e. The van der Waals surface area contributed by atoms with Crippen LogP contribution in [0.5, 0.6) is 5.88 Å². The smallest absolute Gasteiger partial charge is 0.259 e. The number of carbonyl (C=O) groups excluding carboxylic acids is 1. The first kappa shape index (κ1) is 22.5. The molecule has 166 valence electrons. The van der Waals surface area contributed by atoms with Crippen molar-refractivity contribution in [1.82, 2.24) is 9.88 Å². The van der Waals surface area contributed by atoms with Crippen molar-refractivity contribution in [3.8, 4) is 11.9 Å². The second-order valence-corrected chi connectivity index (χ2v) is 9.34. The van der Waals surface area contributed by atoms with Crippen LogP contribution in [0, 0.1) is 11.3 Å². The van der Waals surface area contributed by atoms with Gasteiger partial charge < -0.3 is 14.5 Å². The summed E-state index contributed by atoms with van der Waals surface area (Å²) in [6.45, 7) is 5.65. The molecule has 9 heteroatoms. The van der Waals surface area contributed by atoms with Crippen molar-refractivity contribution in [2.45, 2.75) is 38.3 Å². The van der Waals surface area contributed by atoms with Gasteiger partial charge in [-0.25, -0.2) is 4.98 Å². The summed E-state index contributed by atoms with van der Waals surface area (Å²) >= 11 is 11.9. The lowest BCUT2D eigenvalue weighted by Gasteiger charge is -2.30. The number of nitriles is 1. The lowest BCUT2D eigenvalue weighted by atomic mass is 10.0. The van der Waals surface area contributed by atoms with Crippen LogP contribution < -0.4 is 14.5 Å². The molecule has 1 aromatic heterocycles. The van der Waals surface area contributed by atoms with Crippen LogP contribution in [0.1, 0.15) is 32.3 Å². The van der Waals surface area contributed by atoms with E-state index in [1.807, 2.05) is 32.0 Å². The molecular weight excluding hydrogens is 446 g/mol. The van der Waals surface area contributed by atoms with Gasteiger partial charge in [-0.15, -0.1) is 0 Å². The SMILES string of the molecule is CN1CCC(Oc2ccc(N3C(=S)N(c4ccc(C#N)c(Cl)c4)C(=O)C3(C)C)cn2)CC1. The molecule has 3 heterocycles. The van der Waals surface area contributed by atoms with Gasteiger partial charge in [-0.2, -0.15) is 5.26 Å². The number of thiocarbonyl (C=S) groups is 1. The van der Waals surface area contributed by atoms with E-state index < -0.39 is 5.54 Å². The van der Waals surface area contributed by atoms with Crippen LogP contribution in [0.3, 0.4) is 0 Å². The summed E-state index contributed by atoms with van der Waals surface area (Å²) in [5.74, 6) is 0.378. The second kappa shape index (κ2) is 8.66. The quantitative estimate of drug-likeness (QED) is 0.626. The first-order valence-corrected chi connectivity index (χ1v) is 11.2. The second-order valence-electron chi connectivity index (χ2n) is 8.57. The van der Waals surface area contributed by atoms with E-state index in [9.17, 15) is 4.79 Å². The number of benzene rings is 1. The minimum Gasteiger partial charge on any atom is -0.474 e. The van der Waals surface area contributed by atoms with Crippen LogP contribution >= 0.6 is 23.8 Å². The lowest BCUT2D eigenvalue weighted by Crippen LogP contribution is -2.44. The third-order valence-corrected chi connectivity index (χ3v) is 6.61. The minimum absolute atomic E-state index is 0.159. The molecular formula is C23H24ClN5O2S. The highest BCUT2D eigenvalue weighted by molar-refractivity contribution is 7.81. The Bertz CT molecular complexity index is 1090. The average molecular weight is 470 g/mol. The van der Waals surface area contributed by atoms with Gasteiger partial charge in [0.2, 0.25) is 5.88 Å². The van der Waals surface area contributed by atoms with Crippen LogP contribution in [0.2, 0.25) is 5.02 Å². The Morgan fingerprint density at radius 3 is 2.50 bits per heavy atom. The summed E-state index contributed by atoms with van der Waals surface area (Å²) in [4.78, 5) is 23.3. The number of halogens is 1. The number of likely N-dealkylation sites (tertiary alicyclic amines) is 1. The van der Waals surface area contributed by atoms with E-state index in [1.54, 1.807) is 29.3 Å². The molecule has 0 N–H and O–H groups in total. The number of nitrogens with zero attached hydrogens (tertiary/aromatic N) is 5. The van der Waals surface area contributed by atoms with Gasteiger partial charge in [-0.1, -0.05) is 11.6 Å². The van der Waals surface area contributed by atoms with Crippen LogP contribution in [-0.2, 0) is 4.79 Å². The van der Waals surface area contributed by atoms with Gasteiger partial charge in [0.15, 0.2) is 5.11 Å². The average Bonchev–Trinajstić information content (AvgIpc) is 2.94. The zero-order valence-corrected chi connectivity index (χ0v) is 19.8. The fraction of sp³-hybridized carbons (Fsp3) is 0.391. The van der Waals surface area contributed by atoms with E-state index in [-0.39, 0.29) is 17.0 Å². The Labute approximate surface area is 198 Å². The molecule has 2 aliphatic rings. The van der Waals surface area contributed by atoms with Crippen molar-refractivity contribution in [3.63, 3.8) is 0 Å². The number of ether oxygens (including phenoxy) is 1. The molecule has 0 atom stereocenters. The van der Waals surface area contributed by atoms with E-state index in [0.717, 1.165) is 25.9 Å². The van der Waals surface area contributed by atoms with Gasteiger partial charge in [0.1, 0.15) is 17.7 Å². The van der Waals surface area contributed by atoms with E-state index >= 15 is 0 Å². The molecule has 0 saturated carbocycles. The van der Waals surface area contributed by atoms with Crippen molar-refractivity contribution < 1.29 is 9.53 Å². The summed E-state index contributed by atoms with van der Waals surface area (Å²) in [7, 11) is 2.11. The molecule has 2 fully saturated rings. The maximum Gasteiger partial charge on any atom is 0.259 e. The summed E-state index contributed by atoms with van der Waals surface area (Å²) in [5, 5.41) is 9.72. The van der Waals surface area contributed by atoms with Gasteiger partial charge in [0.05, 0.1) is 28.2 Å². The molecule has 1 amide bonds. The molecule has 7 nitrogen and oxygen atoms in total. The number of carbonyl (C=O) groups is 1. The number of piperidine rings is 1. The predicted molar refractivity (Wildman–Crippen MR) is 128 cm³/mol. The molecule has 0 aliphatic carbocycles. The highest BCUT2D eigenvalue weighted by Crippen LogP contribution is 2.37. The van der Waals surface area contributed by atoms with E-state index in [2.05, 4.69) is 16.9 Å². The summed E-state index contributed by atoms with van der Waals surface area (Å²) < 4.78 is 6.04. The molecule has 2 saturated heterocycles. The molecule has 2 aliphatic heterocycles. The molecule has 0 spiro atoms. The number of hydrogen-bond donors (Lipinski definition) is 0. The van der Waals surface area contributed by atoms with Gasteiger partial charge in [-0.05, 0) is 70.2 Å². The van der Waals surface area contributed by atoms with Gasteiger partial charge >= 0.3 is 0 Å². The molecule has 4 rings (SSSR count). The Hall–Kier alpha value is -2.73. The number of hydrogen-bond acceptors (Lipinski definition) is 6. The van der Waals surface area contributed by atoms with Crippen molar-refractivity contribution >= 4 is 46.2 Å². The van der Waals surface area contributed by atoms with E-state index in [0.29, 0.717) is 27.9 Å². The molecule has 2 aromatic rings. The molecule has 1 aromatic carbocycles. The number of aromatic nitrogens is 1. The van der Waals surface area contributed by atoms with Crippen molar-refractivity contribution in [2.24, 2.45) is 0 Å². The topological polar surface area (TPSA) is 72.7 Å². The van der Waals surface area contributed by atoms with Gasteiger partial charge in [-0.3, -0.25) is 9.69 Å². The zero-order chi connectivity index (χ0) is 23.0. The van der Waals surface area contributed by atoms with E-state index in [1.165, 1.54) is 4.90 Å². The van der Waals surface area contributed by atoms with Crippen molar-refractivity contribution in [2.75, 3.05) is 29.9 Å². The number of anilines is 2. The normalized spacial score (nSPS) is 19.3. The van der Waals surface area contributed by atoms with E-state index in [4.69, 9.17) is 33.8 Å². The summed E-state index contributed by atoms with van der Waals surface area (Å²) in [6.07, 6.45) is 3.78. The standard InChI is InChI=1S/C23H24ClN5O2S/c1-23(2)21(30)28(16-5-4-15(13-25)19(24)12-16)22(32)29(23)17-6-7-20(26-14-17)31-18-8-10-27(3)11-9-18/h4-7,12,14,18H,8-11H2,1-3H3. The monoisotopic (exact) mass is 469 g/mol. The van der Waals surface area contributed by atoms with Crippen molar-refractivity contribution in [3.05, 3.63) is 47.1 Å². The highest BCUT2D eigenvalue weighted by Gasteiger charge is 2.50. The molecule has 0 radical (unpaired) electrons. The minimum atomic E-state index is -0.921. The number of amides is 1. The fourth-order valence-corrected chi connectivity index (χ4v) is 4.78. The summed E-state index contributed by atoms with van der Waals surface area (Å²) in [6, 6.07) is 10.5. The Kier molecular flexibility index (Phi) is 6.08. The van der Waals surface area contributed by atoms with Crippen LogP contribution in [0.4, 0.5) is 11.4 Å². The fourth-order valence-electron chi connectivity index (χ4n) is 4.04. The van der Waals surface area contributed by atoms with Crippen LogP contribution in [-0.4, -0.2) is 52.7 Å². The summed E-state index contributed by atoms with van der Waals surface area (Å²) in [5.41, 5.74) is 0.643. The maximum atomic E-state index is 13.3. The van der Waals surface area contributed by atoms with Crippen molar-refractivity contribution in [1.29, 1.82) is 5.26 Å². The maximum absolute atomic E-state index is 13.3. The van der Waals surface area contributed by atoms with Gasteiger partial charge in [0, 0.05) is 19.2 Å². The first-order valence-electron chi connectivity index (χ1n) is 10.4. The lowest BCUT2D eigenvalue weighted by molar-refractivity contribution is -0.120. The number of pyridine rings is 1. The molecule has 0 bridgehead atoms.